The van der Waals surface area contributed by atoms with Crippen LogP contribution in [0.1, 0.15) is 13.8 Å². The predicted molar refractivity (Wildman–Crippen MR) is 39.0 cm³/mol. The molecule has 1 aliphatic heterocycles. The fourth-order valence-corrected chi connectivity index (χ4v) is 1.22. The lowest BCUT2D eigenvalue weighted by molar-refractivity contribution is -0.487. The number of halogens is 1. The van der Waals surface area contributed by atoms with Crippen LogP contribution < -0.4 is 4.70 Å². The van der Waals surface area contributed by atoms with Crippen LogP contribution in [0.25, 0.3) is 0 Å². The van der Waals surface area contributed by atoms with Crippen molar-refractivity contribution in [1.29, 1.82) is 0 Å². The van der Waals surface area contributed by atoms with Gasteiger partial charge in [0, 0.05) is 6.92 Å². The summed E-state index contributed by atoms with van der Waals surface area (Å²) in [5.74, 6) is 1.41. The Kier molecular flexibility index (Phi) is 3.33. The van der Waals surface area contributed by atoms with Crippen LogP contribution >= 0.6 is 0 Å². The Morgan fingerprint density at radius 2 is 2.20 bits per heavy atom. The Hall–Kier alpha value is -0.600. The van der Waals surface area contributed by atoms with Gasteiger partial charge in [-0.1, -0.05) is 0 Å². The fourth-order valence-electron chi connectivity index (χ4n) is 1.22. The minimum atomic E-state index is 0. The van der Waals surface area contributed by atoms with E-state index < -0.39 is 0 Å². The van der Waals surface area contributed by atoms with Crippen molar-refractivity contribution >= 4 is 5.84 Å². The van der Waals surface area contributed by atoms with E-state index in [9.17, 15) is 0 Å². The second-order valence-electron chi connectivity index (χ2n) is 2.55. The number of hydrogen-bond acceptors (Lipinski definition) is 1. The highest BCUT2D eigenvalue weighted by molar-refractivity contribution is 5.75. The molecule has 0 aliphatic carbocycles. The number of amidine groups is 1. The molecule has 0 radical (unpaired) electrons. The van der Waals surface area contributed by atoms with Crippen LogP contribution in [-0.2, 0) is 0 Å². The third-order valence-corrected chi connectivity index (χ3v) is 2.10. The first-order chi connectivity index (χ1) is 4.25. The van der Waals surface area contributed by atoms with E-state index in [1.54, 1.807) is 0 Å². The first-order valence-electron chi connectivity index (χ1n) is 3.55. The zero-order chi connectivity index (χ0) is 6.85. The number of nitrogens with zero attached hydrogens (tertiary/aromatic N) is 2. The first-order valence-corrected chi connectivity index (χ1v) is 3.55. The summed E-state index contributed by atoms with van der Waals surface area (Å²) in [5.41, 5.74) is 0. The van der Waals surface area contributed by atoms with Gasteiger partial charge >= 0.3 is 0 Å². The van der Waals surface area contributed by atoms with E-state index in [2.05, 4.69) is 30.4 Å². The molecule has 60 valence electrons. The first kappa shape index (κ1) is 9.40. The van der Waals surface area contributed by atoms with Crippen molar-refractivity contribution < 1.29 is 9.28 Å². The van der Waals surface area contributed by atoms with E-state index >= 15 is 0 Å². The lowest BCUT2D eigenvalue weighted by atomic mass is 10.5. The second kappa shape index (κ2) is 3.54. The van der Waals surface area contributed by atoms with E-state index in [4.69, 9.17) is 0 Å². The van der Waals surface area contributed by atoms with Gasteiger partial charge in [-0.2, -0.15) is 0 Å². The van der Waals surface area contributed by atoms with Gasteiger partial charge in [-0.15, -0.1) is 0 Å². The van der Waals surface area contributed by atoms with E-state index in [1.165, 1.54) is 18.9 Å². The van der Waals surface area contributed by atoms with Crippen LogP contribution in [0.2, 0.25) is 0 Å². The quantitative estimate of drug-likeness (QED) is 0.367. The van der Waals surface area contributed by atoms with Crippen LogP contribution in [0.4, 0.5) is 0 Å². The van der Waals surface area contributed by atoms with Crippen molar-refractivity contribution in [3.63, 3.8) is 0 Å². The van der Waals surface area contributed by atoms with Gasteiger partial charge in [0.25, 0.3) is 0 Å². The summed E-state index contributed by atoms with van der Waals surface area (Å²) in [6.45, 7) is 7.92. The lowest BCUT2D eigenvalue weighted by Gasteiger charge is -2.04. The van der Waals surface area contributed by atoms with E-state index in [0.717, 1.165) is 6.54 Å². The molecule has 10 heavy (non-hydrogen) atoms. The fraction of sp³-hybridized carbons (Fsp3) is 0.857. The largest absolute Gasteiger partial charge is 1.00 e. The summed E-state index contributed by atoms with van der Waals surface area (Å²) in [6, 6.07) is 0. The third-order valence-electron chi connectivity index (χ3n) is 2.10. The van der Waals surface area contributed by atoms with Crippen molar-refractivity contribution in [2.75, 3.05) is 26.7 Å². The summed E-state index contributed by atoms with van der Waals surface area (Å²) in [4.78, 5) is 2.39. The van der Waals surface area contributed by atoms with Gasteiger partial charge in [0.2, 0.25) is 5.84 Å². The van der Waals surface area contributed by atoms with Crippen molar-refractivity contribution in [2.24, 2.45) is 0 Å². The molecule has 0 fully saturated rings. The molecule has 1 aliphatic rings. The molecule has 3 heteroatoms. The molecule has 0 saturated heterocycles. The lowest BCUT2D eigenvalue weighted by Crippen LogP contribution is -3.00. The van der Waals surface area contributed by atoms with Gasteiger partial charge in [0.1, 0.15) is 13.1 Å². The van der Waals surface area contributed by atoms with Crippen molar-refractivity contribution in [3.8, 4) is 0 Å². The van der Waals surface area contributed by atoms with Crippen molar-refractivity contribution in [2.45, 2.75) is 13.8 Å². The Balaban J connectivity index is 0.000000810. The molecule has 0 saturated carbocycles. The van der Waals surface area contributed by atoms with Crippen molar-refractivity contribution in [1.82, 2.24) is 4.90 Å². The minimum Gasteiger partial charge on any atom is -1.00 e. The Labute approximate surface area is 61.5 Å². The molecule has 0 atom stereocenters. The van der Waals surface area contributed by atoms with E-state index in [1.807, 2.05) is 0 Å². The molecule has 0 aromatic heterocycles. The standard InChI is InChI=1S/C7H15N2.FH/c1-4-9-6-5-8(3)7(9)2;/h4-6H2,1-3H3;1H/q+1;/p-1. The summed E-state index contributed by atoms with van der Waals surface area (Å²) in [6.07, 6.45) is 0. The molecule has 0 N–H and O–H groups in total. The highest BCUT2D eigenvalue weighted by Crippen LogP contribution is 1.97. The SMILES string of the molecule is CCN1CC[N+](C)=C1C.[F-]. The Morgan fingerprint density at radius 3 is 2.40 bits per heavy atom. The Bertz CT molecular complexity index is 143. The van der Waals surface area contributed by atoms with Crippen LogP contribution in [0.5, 0.6) is 0 Å². The molecular formula is C7H15FN2. The van der Waals surface area contributed by atoms with Gasteiger partial charge in [-0.05, 0) is 6.92 Å². The normalized spacial score (nSPS) is 17.7. The smallest absolute Gasteiger partial charge is 0.243 e. The highest BCUT2D eigenvalue weighted by atomic mass is 19.0. The van der Waals surface area contributed by atoms with Crippen LogP contribution in [0, 0.1) is 0 Å². The molecule has 2 nitrogen and oxygen atoms in total. The molecule has 1 rings (SSSR count). The molecule has 0 unspecified atom stereocenters. The van der Waals surface area contributed by atoms with Gasteiger partial charge in [0.15, 0.2) is 0 Å². The molecule has 0 amide bonds. The number of likely N-dealkylation sites (N-methyl/N-ethyl adjacent to an activating group) is 2. The molecule has 1 heterocycles. The van der Waals surface area contributed by atoms with Crippen molar-refractivity contribution in [3.05, 3.63) is 0 Å². The molecule has 0 spiro atoms. The number of rotatable bonds is 1. The summed E-state index contributed by atoms with van der Waals surface area (Å²) in [5, 5.41) is 0. The molecule has 0 aromatic carbocycles. The molecule has 0 aromatic rings. The average Bonchev–Trinajstić information content (AvgIpc) is 2.15. The van der Waals surface area contributed by atoms with Gasteiger partial charge in [-0.3, -0.25) is 9.48 Å². The average molecular weight is 146 g/mol. The second-order valence-corrected chi connectivity index (χ2v) is 2.55. The monoisotopic (exact) mass is 146 g/mol. The van der Waals surface area contributed by atoms with Gasteiger partial charge in [-0.25, -0.2) is 0 Å². The van der Waals surface area contributed by atoms with Gasteiger partial charge in [0.05, 0.1) is 13.6 Å². The topological polar surface area (TPSA) is 6.25 Å². The summed E-state index contributed by atoms with van der Waals surface area (Å²) >= 11 is 0. The van der Waals surface area contributed by atoms with E-state index in [0.29, 0.717) is 0 Å². The maximum atomic E-state index is 2.39. The molecule has 0 bridgehead atoms. The highest BCUT2D eigenvalue weighted by Gasteiger charge is 2.21. The van der Waals surface area contributed by atoms with Gasteiger partial charge < -0.3 is 4.70 Å². The zero-order valence-electron chi connectivity index (χ0n) is 6.89. The number of hydrogen-bond donors (Lipinski definition) is 0. The zero-order valence-corrected chi connectivity index (χ0v) is 6.89. The summed E-state index contributed by atoms with van der Waals surface area (Å²) in [7, 11) is 2.14. The predicted octanol–water partition coefficient (Wildman–Crippen LogP) is -2.61. The maximum Gasteiger partial charge on any atom is 0.243 e. The van der Waals surface area contributed by atoms with Crippen LogP contribution in [-0.4, -0.2) is 42.0 Å². The Morgan fingerprint density at radius 1 is 1.60 bits per heavy atom. The van der Waals surface area contributed by atoms with E-state index in [-0.39, 0.29) is 4.70 Å². The van der Waals surface area contributed by atoms with Crippen LogP contribution in [0.3, 0.4) is 0 Å². The minimum absolute atomic E-state index is 0. The maximum absolute atomic E-state index is 2.39. The molecular weight excluding hydrogens is 131 g/mol. The third kappa shape index (κ3) is 1.46. The van der Waals surface area contributed by atoms with Crippen LogP contribution in [0.15, 0.2) is 0 Å². The summed E-state index contributed by atoms with van der Waals surface area (Å²) < 4.78 is 2.30.